The Balaban J connectivity index is 2.40. The van der Waals surface area contributed by atoms with Crippen LogP contribution >= 0.6 is 0 Å². The summed E-state index contributed by atoms with van der Waals surface area (Å²) in [5.74, 6) is 0. The monoisotopic (exact) mass is 180 g/mol. The van der Waals surface area contributed by atoms with Gasteiger partial charge in [0, 0.05) is 12.4 Å². The van der Waals surface area contributed by atoms with Crippen molar-refractivity contribution in [1.82, 2.24) is 4.98 Å². The summed E-state index contributed by atoms with van der Waals surface area (Å²) in [4.78, 5) is 7.30. The third kappa shape index (κ3) is 1.62. The molecule has 2 nitrogen and oxygen atoms in total. The van der Waals surface area contributed by atoms with E-state index in [1.165, 1.54) is 0 Å². The molecule has 0 radical (unpaired) electrons. The van der Waals surface area contributed by atoms with Crippen LogP contribution in [0.1, 0.15) is 0 Å². The lowest BCUT2D eigenvalue weighted by molar-refractivity contribution is 1.33. The van der Waals surface area contributed by atoms with Crippen molar-refractivity contribution in [2.75, 3.05) is 0 Å². The lowest BCUT2D eigenvalue weighted by atomic mass is 10.1. The molecule has 0 N–H and O–H groups in total. The van der Waals surface area contributed by atoms with Crippen LogP contribution in [-0.4, -0.2) is 4.98 Å². The summed E-state index contributed by atoms with van der Waals surface area (Å²) in [7, 11) is 0. The molecule has 66 valence electrons. The molecule has 0 bridgehead atoms. The maximum Gasteiger partial charge on any atom is 0.187 e. The minimum atomic E-state index is 0.669. The van der Waals surface area contributed by atoms with E-state index < -0.39 is 0 Å². The fraction of sp³-hybridized carbons (Fsp3) is 0. The smallest absolute Gasteiger partial charge is 0.187 e. The fourth-order valence-electron chi connectivity index (χ4n) is 1.27. The van der Waals surface area contributed by atoms with E-state index in [2.05, 4.69) is 9.83 Å². The minimum Gasteiger partial charge on any atom is -0.265 e. The first-order valence-corrected chi connectivity index (χ1v) is 4.28. The molecule has 2 rings (SSSR count). The summed E-state index contributed by atoms with van der Waals surface area (Å²) in [5.41, 5.74) is 2.90. The molecular formula is C12H8N2. The van der Waals surface area contributed by atoms with Crippen molar-refractivity contribution in [2.24, 2.45) is 0 Å². The molecule has 2 aromatic rings. The molecule has 0 saturated heterocycles. The van der Waals surface area contributed by atoms with Gasteiger partial charge in [-0.1, -0.05) is 24.3 Å². The highest BCUT2D eigenvalue weighted by molar-refractivity contribution is 5.65. The van der Waals surface area contributed by atoms with Crippen molar-refractivity contribution >= 4 is 5.69 Å². The van der Waals surface area contributed by atoms with Gasteiger partial charge in [0.05, 0.1) is 6.57 Å². The maximum absolute atomic E-state index is 6.83. The van der Waals surface area contributed by atoms with Gasteiger partial charge in [-0.2, -0.15) is 0 Å². The summed E-state index contributed by atoms with van der Waals surface area (Å²) in [6.45, 7) is 6.83. The normalized spacial score (nSPS) is 9.36. The Bertz CT molecular complexity index is 452. The van der Waals surface area contributed by atoms with Crippen molar-refractivity contribution in [3.05, 3.63) is 60.2 Å². The number of benzene rings is 1. The molecule has 2 heteroatoms. The second-order valence-corrected chi connectivity index (χ2v) is 2.89. The van der Waals surface area contributed by atoms with Gasteiger partial charge in [-0.15, -0.1) is 0 Å². The largest absolute Gasteiger partial charge is 0.265 e. The molecule has 0 atom stereocenters. The van der Waals surface area contributed by atoms with Gasteiger partial charge in [-0.3, -0.25) is 4.98 Å². The summed E-state index contributed by atoms with van der Waals surface area (Å²) >= 11 is 0. The Kier molecular flexibility index (Phi) is 2.24. The van der Waals surface area contributed by atoms with Crippen LogP contribution < -0.4 is 0 Å². The zero-order valence-corrected chi connectivity index (χ0v) is 7.51. The van der Waals surface area contributed by atoms with Gasteiger partial charge in [0.1, 0.15) is 0 Å². The van der Waals surface area contributed by atoms with Gasteiger partial charge in [0.25, 0.3) is 0 Å². The van der Waals surface area contributed by atoms with Crippen molar-refractivity contribution < 1.29 is 0 Å². The van der Waals surface area contributed by atoms with Crippen molar-refractivity contribution in [1.29, 1.82) is 0 Å². The van der Waals surface area contributed by atoms with E-state index >= 15 is 0 Å². The molecule has 0 saturated carbocycles. The van der Waals surface area contributed by atoms with Crippen LogP contribution in [0.3, 0.4) is 0 Å². The number of nitrogens with zero attached hydrogens (tertiary/aromatic N) is 2. The maximum atomic E-state index is 6.83. The molecule has 0 spiro atoms. The summed E-state index contributed by atoms with van der Waals surface area (Å²) in [6.07, 6.45) is 3.52. The zero-order chi connectivity index (χ0) is 9.80. The van der Waals surface area contributed by atoms with E-state index in [1.54, 1.807) is 12.4 Å². The number of rotatable bonds is 1. The molecule has 0 aliphatic carbocycles. The van der Waals surface area contributed by atoms with E-state index in [0.717, 1.165) is 11.1 Å². The van der Waals surface area contributed by atoms with E-state index in [-0.39, 0.29) is 0 Å². The van der Waals surface area contributed by atoms with Gasteiger partial charge in [-0.25, -0.2) is 4.85 Å². The van der Waals surface area contributed by atoms with Gasteiger partial charge < -0.3 is 0 Å². The lowest BCUT2D eigenvalue weighted by Gasteiger charge is -1.99. The first kappa shape index (κ1) is 8.46. The van der Waals surface area contributed by atoms with E-state index in [4.69, 9.17) is 6.57 Å². The Hall–Kier alpha value is -2.14. The number of hydrogen-bond donors (Lipinski definition) is 0. The standard InChI is InChI=1S/C12H8N2/c1-13-12-4-2-10(3-5-12)11-6-8-14-9-7-11/h2-9H. The second kappa shape index (κ2) is 3.71. The third-order valence-electron chi connectivity index (χ3n) is 2.01. The van der Waals surface area contributed by atoms with E-state index in [9.17, 15) is 0 Å². The van der Waals surface area contributed by atoms with E-state index in [0.29, 0.717) is 5.69 Å². The van der Waals surface area contributed by atoms with Crippen molar-refractivity contribution in [3.8, 4) is 11.1 Å². The number of aromatic nitrogens is 1. The highest BCUT2D eigenvalue weighted by Gasteiger charge is 1.95. The number of hydrogen-bond acceptors (Lipinski definition) is 1. The molecule has 0 amide bonds. The van der Waals surface area contributed by atoms with Gasteiger partial charge in [0.2, 0.25) is 0 Å². The fourth-order valence-corrected chi connectivity index (χ4v) is 1.27. The average molecular weight is 180 g/mol. The van der Waals surface area contributed by atoms with E-state index in [1.807, 2.05) is 36.4 Å². The van der Waals surface area contributed by atoms with Crippen molar-refractivity contribution in [2.45, 2.75) is 0 Å². The molecular weight excluding hydrogens is 172 g/mol. The summed E-state index contributed by atoms with van der Waals surface area (Å²) < 4.78 is 0. The third-order valence-corrected chi connectivity index (χ3v) is 2.01. The Labute approximate surface area is 82.7 Å². The van der Waals surface area contributed by atoms with Crippen LogP contribution in [-0.2, 0) is 0 Å². The quantitative estimate of drug-likeness (QED) is 0.615. The van der Waals surface area contributed by atoms with Gasteiger partial charge in [-0.05, 0) is 23.3 Å². The van der Waals surface area contributed by atoms with Crippen LogP contribution in [0.2, 0.25) is 0 Å². The molecule has 1 heterocycles. The topological polar surface area (TPSA) is 17.2 Å². The Morgan fingerprint density at radius 2 is 1.43 bits per heavy atom. The molecule has 14 heavy (non-hydrogen) atoms. The van der Waals surface area contributed by atoms with Crippen molar-refractivity contribution in [3.63, 3.8) is 0 Å². The predicted octanol–water partition coefficient (Wildman–Crippen LogP) is 3.30. The first-order chi connectivity index (χ1) is 6.90. The van der Waals surface area contributed by atoms with Crippen LogP contribution in [0, 0.1) is 6.57 Å². The highest BCUT2D eigenvalue weighted by Crippen LogP contribution is 2.21. The van der Waals surface area contributed by atoms with Crippen LogP contribution in [0.5, 0.6) is 0 Å². The second-order valence-electron chi connectivity index (χ2n) is 2.89. The highest BCUT2D eigenvalue weighted by atomic mass is 14.6. The molecule has 0 fully saturated rings. The Morgan fingerprint density at radius 3 is 2.00 bits per heavy atom. The van der Waals surface area contributed by atoms with Crippen LogP contribution in [0.25, 0.3) is 16.0 Å². The molecule has 1 aromatic carbocycles. The Morgan fingerprint density at radius 1 is 0.857 bits per heavy atom. The summed E-state index contributed by atoms with van der Waals surface area (Å²) in [5, 5.41) is 0. The zero-order valence-electron chi connectivity index (χ0n) is 7.51. The minimum absolute atomic E-state index is 0.669. The molecule has 0 unspecified atom stereocenters. The van der Waals surface area contributed by atoms with Crippen LogP contribution in [0.4, 0.5) is 5.69 Å². The molecule has 0 aliphatic heterocycles. The molecule has 1 aromatic heterocycles. The average Bonchev–Trinajstić information content (AvgIpc) is 2.30. The lowest BCUT2D eigenvalue weighted by Crippen LogP contribution is -1.76. The van der Waals surface area contributed by atoms with Gasteiger partial charge >= 0.3 is 0 Å². The number of pyridine rings is 1. The summed E-state index contributed by atoms with van der Waals surface area (Å²) in [6, 6.07) is 11.4. The van der Waals surface area contributed by atoms with Gasteiger partial charge in [0.15, 0.2) is 5.69 Å². The first-order valence-electron chi connectivity index (χ1n) is 4.28. The van der Waals surface area contributed by atoms with Crippen LogP contribution in [0.15, 0.2) is 48.8 Å². The predicted molar refractivity (Wildman–Crippen MR) is 55.9 cm³/mol. The SMILES string of the molecule is [C-]#[N+]c1ccc(-c2ccncc2)cc1. The molecule has 0 aliphatic rings.